The highest BCUT2D eigenvalue weighted by Gasteiger charge is 1.99. The number of methoxy groups -OCH3 is 1. The molecular weight excluding hydrogens is 445 g/mol. The van der Waals surface area contributed by atoms with Gasteiger partial charge in [0, 0.05) is 6.54 Å². The average Bonchev–Trinajstić information content (AvgIpc) is 2.65. The molecule has 0 aromatic heterocycles. The minimum atomic E-state index is 0. The minimum absolute atomic E-state index is 0. The number of nitrogens with zero attached hydrogens (tertiary/aromatic N) is 1. The van der Waals surface area contributed by atoms with Gasteiger partial charge in [-0.2, -0.15) is 0 Å². The highest BCUT2D eigenvalue weighted by atomic mass is 127. The first kappa shape index (κ1) is 21.9. The Labute approximate surface area is 171 Å². The van der Waals surface area contributed by atoms with Crippen LogP contribution in [0.15, 0.2) is 53.5 Å². The van der Waals surface area contributed by atoms with Gasteiger partial charge < -0.3 is 25.2 Å². The summed E-state index contributed by atoms with van der Waals surface area (Å²) in [5.74, 6) is 2.59. The highest BCUT2D eigenvalue weighted by molar-refractivity contribution is 14.0. The van der Waals surface area contributed by atoms with E-state index in [0.717, 1.165) is 29.6 Å². The summed E-state index contributed by atoms with van der Waals surface area (Å²) in [5.41, 5.74) is 1.03. The number of halogens is 1. The second-order valence-corrected chi connectivity index (χ2v) is 5.31. The van der Waals surface area contributed by atoms with Gasteiger partial charge in [0.25, 0.3) is 0 Å². The van der Waals surface area contributed by atoms with E-state index in [-0.39, 0.29) is 29.7 Å². The zero-order chi connectivity index (χ0) is 17.9. The van der Waals surface area contributed by atoms with Gasteiger partial charge in [-0.3, -0.25) is 0 Å². The third-order valence-electron chi connectivity index (χ3n) is 3.42. The molecule has 0 amide bonds. The van der Waals surface area contributed by atoms with Crippen LogP contribution >= 0.6 is 24.0 Å². The molecule has 0 unspecified atom stereocenters. The van der Waals surface area contributed by atoms with Crippen LogP contribution in [0.25, 0.3) is 0 Å². The number of hydrogen-bond acceptors (Lipinski definition) is 4. The zero-order valence-corrected chi connectivity index (χ0v) is 17.4. The maximum Gasteiger partial charge on any atom is 0.191 e. The molecule has 2 aromatic rings. The number of aromatic hydroxyl groups is 1. The number of guanidine groups is 1. The van der Waals surface area contributed by atoms with Crippen molar-refractivity contribution >= 4 is 29.9 Å². The summed E-state index contributed by atoms with van der Waals surface area (Å²) in [6.07, 6.45) is 0. The predicted molar refractivity (Wildman–Crippen MR) is 115 cm³/mol. The summed E-state index contributed by atoms with van der Waals surface area (Å²) in [6.45, 7) is 4.49. The molecule has 0 saturated carbocycles. The summed E-state index contributed by atoms with van der Waals surface area (Å²) in [4.78, 5) is 4.52. The molecule has 0 saturated heterocycles. The Hall–Kier alpha value is -2.16. The first-order valence-electron chi connectivity index (χ1n) is 8.28. The number of phenolic OH excluding ortho intramolecular Hbond substituents is 1. The van der Waals surface area contributed by atoms with Crippen LogP contribution in [-0.2, 0) is 6.54 Å². The maximum absolute atomic E-state index is 9.30. The molecule has 0 spiro atoms. The van der Waals surface area contributed by atoms with Gasteiger partial charge in [0.1, 0.15) is 23.9 Å². The van der Waals surface area contributed by atoms with Crippen LogP contribution in [0.4, 0.5) is 0 Å². The van der Waals surface area contributed by atoms with Gasteiger partial charge in [0.2, 0.25) is 0 Å². The van der Waals surface area contributed by atoms with Crippen LogP contribution < -0.4 is 20.1 Å². The Morgan fingerprint density at radius 3 is 2.27 bits per heavy atom. The smallest absolute Gasteiger partial charge is 0.191 e. The van der Waals surface area contributed by atoms with E-state index in [9.17, 15) is 5.11 Å². The van der Waals surface area contributed by atoms with Crippen molar-refractivity contribution in [3.05, 3.63) is 54.1 Å². The number of ether oxygens (including phenoxy) is 2. The first-order valence-corrected chi connectivity index (χ1v) is 8.28. The molecule has 2 aromatic carbocycles. The Bertz CT molecular complexity index is 661. The fourth-order valence-electron chi connectivity index (χ4n) is 2.12. The van der Waals surface area contributed by atoms with E-state index in [1.165, 1.54) is 0 Å². The number of rotatable bonds is 8. The lowest BCUT2D eigenvalue weighted by Gasteiger charge is -2.12. The van der Waals surface area contributed by atoms with Crippen LogP contribution in [0.5, 0.6) is 17.2 Å². The number of nitrogens with one attached hydrogen (secondary N) is 2. The lowest BCUT2D eigenvalue weighted by Crippen LogP contribution is -2.39. The van der Waals surface area contributed by atoms with Crippen molar-refractivity contribution in [2.75, 3.05) is 26.8 Å². The molecule has 3 N–H and O–H groups in total. The monoisotopic (exact) mass is 471 g/mol. The molecule has 6 nitrogen and oxygen atoms in total. The molecule has 2 rings (SSSR count). The molecule has 0 heterocycles. The van der Waals surface area contributed by atoms with Crippen molar-refractivity contribution < 1.29 is 14.6 Å². The summed E-state index contributed by atoms with van der Waals surface area (Å²) in [7, 11) is 1.64. The van der Waals surface area contributed by atoms with Gasteiger partial charge in [0.15, 0.2) is 5.96 Å². The summed E-state index contributed by atoms with van der Waals surface area (Å²) in [5, 5.41) is 15.7. The summed E-state index contributed by atoms with van der Waals surface area (Å²) in [6, 6.07) is 14.5. The van der Waals surface area contributed by atoms with Gasteiger partial charge in [-0.15, -0.1) is 24.0 Å². The van der Waals surface area contributed by atoms with Crippen molar-refractivity contribution in [1.29, 1.82) is 0 Å². The van der Waals surface area contributed by atoms with E-state index in [4.69, 9.17) is 9.47 Å². The van der Waals surface area contributed by atoms with E-state index < -0.39 is 0 Å². The maximum atomic E-state index is 9.30. The molecule has 0 bridgehead atoms. The van der Waals surface area contributed by atoms with Crippen molar-refractivity contribution in [2.45, 2.75) is 13.5 Å². The largest absolute Gasteiger partial charge is 0.508 e. The average molecular weight is 471 g/mol. The normalized spacial score (nSPS) is 10.6. The molecule has 0 fully saturated rings. The van der Waals surface area contributed by atoms with Crippen molar-refractivity contribution in [2.24, 2.45) is 4.99 Å². The Morgan fingerprint density at radius 2 is 1.65 bits per heavy atom. The first-order chi connectivity index (χ1) is 12.2. The molecule has 0 radical (unpaired) electrons. The molecule has 142 valence electrons. The fourth-order valence-corrected chi connectivity index (χ4v) is 2.12. The lowest BCUT2D eigenvalue weighted by molar-refractivity contribution is 0.321. The number of phenols is 1. The van der Waals surface area contributed by atoms with Crippen LogP contribution in [-0.4, -0.2) is 37.9 Å². The van der Waals surface area contributed by atoms with Crippen LogP contribution in [0, 0.1) is 0 Å². The highest BCUT2D eigenvalue weighted by Crippen LogP contribution is 2.16. The SMILES string of the molecule is CCNC(=NCc1ccc(O)cc1)NCCOc1ccc(OC)cc1.I. The van der Waals surface area contributed by atoms with Gasteiger partial charge in [0.05, 0.1) is 20.2 Å². The predicted octanol–water partition coefficient (Wildman–Crippen LogP) is 3.15. The van der Waals surface area contributed by atoms with Crippen molar-refractivity contribution in [3.63, 3.8) is 0 Å². The number of benzene rings is 2. The van der Waals surface area contributed by atoms with Gasteiger partial charge >= 0.3 is 0 Å². The summed E-state index contributed by atoms with van der Waals surface area (Å²) < 4.78 is 10.8. The third-order valence-corrected chi connectivity index (χ3v) is 3.42. The Kier molecular flexibility index (Phi) is 10.3. The van der Waals surface area contributed by atoms with E-state index in [1.807, 2.05) is 43.3 Å². The summed E-state index contributed by atoms with van der Waals surface area (Å²) >= 11 is 0. The molecule has 0 atom stereocenters. The Balaban J connectivity index is 0.00000338. The van der Waals surface area contributed by atoms with Crippen molar-refractivity contribution in [3.8, 4) is 17.2 Å². The molecular formula is C19H26IN3O3. The number of hydrogen-bond donors (Lipinski definition) is 3. The number of aliphatic imine (C=N–C) groups is 1. The molecule has 0 aliphatic carbocycles. The molecule has 0 aliphatic rings. The topological polar surface area (TPSA) is 75.1 Å². The Morgan fingerprint density at radius 1 is 1.00 bits per heavy atom. The van der Waals surface area contributed by atoms with Gasteiger partial charge in [-0.25, -0.2) is 4.99 Å². The standard InChI is InChI=1S/C19H25N3O3.HI/c1-3-20-19(22-14-15-4-6-16(23)7-5-15)21-12-13-25-18-10-8-17(24-2)9-11-18;/h4-11,23H,3,12-14H2,1-2H3,(H2,20,21,22);1H. The van der Waals surface area contributed by atoms with Gasteiger partial charge in [-0.05, 0) is 48.9 Å². The second-order valence-electron chi connectivity index (χ2n) is 5.31. The zero-order valence-electron chi connectivity index (χ0n) is 15.1. The van der Waals surface area contributed by atoms with Crippen LogP contribution in [0.2, 0.25) is 0 Å². The van der Waals surface area contributed by atoms with E-state index in [2.05, 4.69) is 15.6 Å². The fraction of sp³-hybridized carbons (Fsp3) is 0.316. The van der Waals surface area contributed by atoms with Crippen LogP contribution in [0.3, 0.4) is 0 Å². The quantitative estimate of drug-likeness (QED) is 0.239. The van der Waals surface area contributed by atoms with E-state index in [1.54, 1.807) is 19.2 Å². The minimum Gasteiger partial charge on any atom is -0.508 e. The molecule has 26 heavy (non-hydrogen) atoms. The second kappa shape index (κ2) is 12.2. The lowest BCUT2D eigenvalue weighted by atomic mass is 10.2. The molecule has 0 aliphatic heterocycles. The van der Waals surface area contributed by atoms with Gasteiger partial charge in [-0.1, -0.05) is 12.1 Å². The van der Waals surface area contributed by atoms with Crippen molar-refractivity contribution in [1.82, 2.24) is 10.6 Å². The van der Waals surface area contributed by atoms with E-state index in [0.29, 0.717) is 19.7 Å². The van der Waals surface area contributed by atoms with Crippen LogP contribution in [0.1, 0.15) is 12.5 Å². The molecule has 7 heteroatoms. The van der Waals surface area contributed by atoms with E-state index >= 15 is 0 Å². The third kappa shape index (κ3) is 7.81.